The van der Waals surface area contributed by atoms with E-state index in [-0.39, 0.29) is 5.56 Å². The summed E-state index contributed by atoms with van der Waals surface area (Å²) in [7, 11) is 1.58. The van der Waals surface area contributed by atoms with E-state index in [1.54, 1.807) is 7.11 Å². The zero-order valence-electron chi connectivity index (χ0n) is 14.9. The first kappa shape index (κ1) is 18.1. The molecule has 0 aliphatic carbocycles. The van der Waals surface area contributed by atoms with Gasteiger partial charge in [-0.3, -0.25) is 9.36 Å². The number of benzene rings is 1. The first-order valence-electron chi connectivity index (χ1n) is 8.34. The van der Waals surface area contributed by atoms with Gasteiger partial charge in [0, 0.05) is 16.9 Å². The maximum atomic E-state index is 13.0. The second-order valence-electron chi connectivity index (χ2n) is 5.99. The van der Waals surface area contributed by atoms with Crippen molar-refractivity contribution in [3.63, 3.8) is 0 Å². The van der Waals surface area contributed by atoms with E-state index in [1.807, 2.05) is 37.3 Å². The number of carboxylic acid groups (broad SMARTS) is 1. The molecule has 0 amide bonds. The van der Waals surface area contributed by atoms with E-state index in [1.165, 1.54) is 22.8 Å². The predicted octanol–water partition coefficient (Wildman–Crippen LogP) is 3.27. The Labute approximate surface area is 154 Å². The van der Waals surface area contributed by atoms with E-state index >= 15 is 0 Å². The Morgan fingerprint density at radius 1 is 1.38 bits per heavy atom. The number of hydrogen-bond acceptors (Lipinski definition) is 5. The molecule has 1 aromatic carbocycles. The fraction of sp³-hybridized carbons (Fsp3) is 0.316. The second-order valence-corrected chi connectivity index (χ2v) is 7.11. The van der Waals surface area contributed by atoms with Crippen molar-refractivity contribution in [2.75, 3.05) is 7.11 Å². The fourth-order valence-corrected chi connectivity index (χ4v) is 3.89. The molecule has 0 spiro atoms. The van der Waals surface area contributed by atoms with E-state index in [0.29, 0.717) is 28.2 Å². The van der Waals surface area contributed by atoms with Crippen molar-refractivity contribution < 1.29 is 14.6 Å². The van der Waals surface area contributed by atoms with Crippen LogP contribution in [0.2, 0.25) is 0 Å². The molecule has 26 heavy (non-hydrogen) atoms. The lowest BCUT2D eigenvalue weighted by atomic mass is 10.1. The third-order valence-electron chi connectivity index (χ3n) is 4.36. The molecule has 0 radical (unpaired) electrons. The SMILES string of the molecule is CCc1cc2c(=O)n(C(C)C(=O)O)c(Cc3ccccc3OC)nc2s1. The lowest BCUT2D eigenvalue weighted by molar-refractivity contribution is -0.140. The molecule has 0 bridgehead atoms. The minimum absolute atomic E-state index is 0.312. The predicted molar refractivity (Wildman–Crippen MR) is 101 cm³/mol. The number of nitrogens with zero attached hydrogens (tertiary/aromatic N) is 2. The van der Waals surface area contributed by atoms with Gasteiger partial charge in [0.25, 0.3) is 5.56 Å². The van der Waals surface area contributed by atoms with Crippen LogP contribution in [0.1, 0.15) is 36.2 Å². The summed E-state index contributed by atoms with van der Waals surface area (Å²) in [5, 5.41) is 9.94. The summed E-state index contributed by atoms with van der Waals surface area (Å²) < 4.78 is 6.66. The third-order valence-corrected chi connectivity index (χ3v) is 5.53. The summed E-state index contributed by atoms with van der Waals surface area (Å²) in [4.78, 5) is 30.9. The van der Waals surface area contributed by atoms with Crippen LogP contribution in [0.15, 0.2) is 35.1 Å². The molecule has 0 aliphatic heterocycles. The topological polar surface area (TPSA) is 81.4 Å². The van der Waals surface area contributed by atoms with Gasteiger partial charge in [0.15, 0.2) is 0 Å². The molecule has 2 aromatic heterocycles. The van der Waals surface area contributed by atoms with Gasteiger partial charge < -0.3 is 9.84 Å². The van der Waals surface area contributed by atoms with E-state index in [2.05, 4.69) is 4.98 Å². The summed E-state index contributed by atoms with van der Waals surface area (Å²) in [6, 6.07) is 8.26. The summed E-state index contributed by atoms with van der Waals surface area (Å²) in [5.41, 5.74) is 0.533. The van der Waals surface area contributed by atoms with E-state index in [4.69, 9.17) is 4.74 Å². The van der Waals surface area contributed by atoms with Crippen LogP contribution in [0.3, 0.4) is 0 Å². The van der Waals surface area contributed by atoms with E-state index in [9.17, 15) is 14.7 Å². The maximum Gasteiger partial charge on any atom is 0.326 e. The van der Waals surface area contributed by atoms with Gasteiger partial charge in [-0.05, 0) is 25.5 Å². The summed E-state index contributed by atoms with van der Waals surface area (Å²) in [5.74, 6) is 0.0312. The second kappa shape index (κ2) is 7.29. The number of aliphatic carboxylic acids is 1. The molecule has 7 heteroatoms. The summed E-state index contributed by atoms with van der Waals surface area (Å²) >= 11 is 1.47. The van der Waals surface area contributed by atoms with Crippen molar-refractivity contribution in [3.05, 3.63) is 57.0 Å². The number of fused-ring (bicyclic) bond motifs is 1. The molecule has 2 heterocycles. The lowest BCUT2D eigenvalue weighted by Gasteiger charge is -2.17. The summed E-state index contributed by atoms with van der Waals surface area (Å²) in [6.45, 7) is 3.51. The fourth-order valence-electron chi connectivity index (χ4n) is 2.91. The highest BCUT2D eigenvalue weighted by Gasteiger charge is 2.23. The van der Waals surface area contributed by atoms with Crippen molar-refractivity contribution in [3.8, 4) is 5.75 Å². The van der Waals surface area contributed by atoms with Gasteiger partial charge in [0.05, 0.1) is 12.5 Å². The molecule has 0 saturated heterocycles. The van der Waals surface area contributed by atoms with Gasteiger partial charge in [-0.15, -0.1) is 11.3 Å². The first-order valence-corrected chi connectivity index (χ1v) is 9.16. The molecule has 0 saturated carbocycles. The number of aryl methyl sites for hydroxylation is 1. The van der Waals surface area contributed by atoms with Gasteiger partial charge in [0.1, 0.15) is 22.4 Å². The Morgan fingerprint density at radius 3 is 2.77 bits per heavy atom. The molecular weight excluding hydrogens is 352 g/mol. The molecule has 1 atom stereocenters. The number of carbonyl (C=O) groups is 1. The zero-order chi connectivity index (χ0) is 18.8. The van der Waals surface area contributed by atoms with Gasteiger partial charge in [-0.25, -0.2) is 9.78 Å². The highest BCUT2D eigenvalue weighted by molar-refractivity contribution is 7.18. The standard InChI is InChI=1S/C19H20N2O4S/c1-4-13-10-14-17(26-13)20-16(21(18(14)22)11(2)19(23)24)9-12-7-5-6-8-15(12)25-3/h5-8,10-11H,4,9H2,1-3H3,(H,23,24). The van der Waals surface area contributed by atoms with Crippen molar-refractivity contribution in [1.29, 1.82) is 0 Å². The average molecular weight is 372 g/mol. The molecule has 136 valence electrons. The number of rotatable bonds is 6. The number of ether oxygens (including phenoxy) is 1. The molecule has 3 aromatic rings. The number of hydrogen-bond donors (Lipinski definition) is 1. The number of aromatic nitrogens is 2. The Kier molecular flexibility index (Phi) is 5.08. The highest BCUT2D eigenvalue weighted by Crippen LogP contribution is 2.26. The Balaban J connectivity index is 2.23. The van der Waals surface area contributed by atoms with Gasteiger partial charge in [-0.1, -0.05) is 25.1 Å². The molecule has 0 aliphatic rings. The quantitative estimate of drug-likeness (QED) is 0.718. The molecule has 0 fully saturated rings. The number of carboxylic acids is 1. The monoisotopic (exact) mass is 372 g/mol. The van der Waals surface area contributed by atoms with Crippen LogP contribution in [-0.2, 0) is 17.6 Å². The van der Waals surface area contributed by atoms with Crippen LogP contribution in [0.5, 0.6) is 5.75 Å². The molecule has 3 rings (SSSR count). The van der Waals surface area contributed by atoms with E-state index in [0.717, 1.165) is 16.9 Å². The molecule has 1 N–H and O–H groups in total. The average Bonchev–Trinajstić information content (AvgIpc) is 3.05. The highest BCUT2D eigenvalue weighted by atomic mass is 32.1. The van der Waals surface area contributed by atoms with Crippen molar-refractivity contribution in [2.24, 2.45) is 0 Å². The Morgan fingerprint density at radius 2 is 2.12 bits per heavy atom. The smallest absolute Gasteiger partial charge is 0.326 e. The van der Waals surface area contributed by atoms with Crippen molar-refractivity contribution in [1.82, 2.24) is 9.55 Å². The largest absolute Gasteiger partial charge is 0.496 e. The minimum Gasteiger partial charge on any atom is -0.496 e. The molecule has 6 nitrogen and oxygen atoms in total. The van der Waals surface area contributed by atoms with Crippen molar-refractivity contribution >= 4 is 27.5 Å². The number of methoxy groups -OCH3 is 1. The summed E-state index contributed by atoms with van der Waals surface area (Å²) in [6.07, 6.45) is 1.11. The first-order chi connectivity index (χ1) is 12.5. The Bertz CT molecular complexity index is 1020. The van der Waals surface area contributed by atoms with Crippen LogP contribution in [0, 0.1) is 0 Å². The van der Waals surface area contributed by atoms with Crippen LogP contribution in [0.25, 0.3) is 10.2 Å². The van der Waals surface area contributed by atoms with Crippen LogP contribution < -0.4 is 10.3 Å². The van der Waals surface area contributed by atoms with Crippen LogP contribution >= 0.6 is 11.3 Å². The van der Waals surface area contributed by atoms with Crippen LogP contribution in [0.4, 0.5) is 0 Å². The molecular formula is C19H20N2O4S. The maximum absolute atomic E-state index is 13.0. The number of thiophene rings is 1. The third kappa shape index (κ3) is 3.22. The van der Waals surface area contributed by atoms with Gasteiger partial charge in [-0.2, -0.15) is 0 Å². The van der Waals surface area contributed by atoms with E-state index < -0.39 is 12.0 Å². The van der Waals surface area contributed by atoms with Gasteiger partial charge in [0.2, 0.25) is 0 Å². The van der Waals surface area contributed by atoms with Gasteiger partial charge >= 0.3 is 5.97 Å². The number of para-hydroxylation sites is 1. The zero-order valence-corrected chi connectivity index (χ0v) is 15.7. The van der Waals surface area contributed by atoms with Crippen molar-refractivity contribution in [2.45, 2.75) is 32.7 Å². The molecule has 1 unspecified atom stereocenters. The Hall–Kier alpha value is -2.67. The minimum atomic E-state index is -1.07. The van der Waals surface area contributed by atoms with Crippen LogP contribution in [-0.4, -0.2) is 27.7 Å². The normalized spacial score (nSPS) is 12.3. The lowest BCUT2D eigenvalue weighted by Crippen LogP contribution is -2.31.